The number of nitrogens with one attached hydrogen (secondary N) is 1. The fourth-order valence-corrected chi connectivity index (χ4v) is 2.69. The summed E-state index contributed by atoms with van der Waals surface area (Å²) in [5.41, 5.74) is 7.18. The zero-order valence-corrected chi connectivity index (χ0v) is 11.6. The molecule has 94 valence electrons. The Balaban J connectivity index is 2.31. The van der Waals surface area contributed by atoms with Crippen LogP contribution >= 0.6 is 22.9 Å². The number of anilines is 1. The molecule has 0 atom stereocenters. The highest BCUT2D eigenvalue weighted by Gasteiger charge is 2.11. The predicted molar refractivity (Wildman–Crippen MR) is 78.9 cm³/mol. The smallest absolute Gasteiger partial charge is 0.124 e. The van der Waals surface area contributed by atoms with Gasteiger partial charge >= 0.3 is 0 Å². The second-order valence-corrected chi connectivity index (χ2v) is 5.48. The van der Waals surface area contributed by atoms with Crippen LogP contribution in [0.3, 0.4) is 0 Å². The molecule has 5 heteroatoms. The predicted octanol–water partition coefficient (Wildman–Crippen LogP) is 3.32. The largest absolute Gasteiger partial charge is 0.384 e. The zero-order valence-electron chi connectivity index (χ0n) is 9.98. The number of benzene rings is 1. The molecule has 0 aliphatic carbocycles. The van der Waals surface area contributed by atoms with E-state index < -0.39 is 0 Å². The summed E-state index contributed by atoms with van der Waals surface area (Å²) in [6.07, 6.45) is 0. The molecule has 0 radical (unpaired) electrons. The second kappa shape index (κ2) is 5.42. The van der Waals surface area contributed by atoms with Crippen LogP contribution in [0.25, 0.3) is 0 Å². The maximum absolute atomic E-state index is 7.60. The van der Waals surface area contributed by atoms with Crippen LogP contribution in [0.15, 0.2) is 35.7 Å². The van der Waals surface area contributed by atoms with E-state index in [1.807, 2.05) is 24.6 Å². The molecule has 3 nitrogen and oxygen atoms in total. The molecule has 0 aliphatic rings. The van der Waals surface area contributed by atoms with E-state index in [0.717, 1.165) is 12.2 Å². The first-order valence-electron chi connectivity index (χ1n) is 5.45. The fraction of sp³-hybridized carbons (Fsp3) is 0.154. The van der Waals surface area contributed by atoms with E-state index in [2.05, 4.69) is 11.0 Å². The molecule has 1 aromatic carbocycles. The number of nitrogen functional groups attached to an aromatic ring is 1. The van der Waals surface area contributed by atoms with E-state index in [1.165, 1.54) is 4.88 Å². The minimum atomic E-state index is 0.0553. The van der Waals surface area contributed by atoms with E-state index in [4.69, 9.17) is 22.7 Å². The van der Waals surface area contributed by atoms with Gasteiger partial charge < -0.3 is 10.6 Å². The highest BCUT2D eigenvalue weighted by atomic mass is 35.5. The third-order valence-electron chi connectivity index (χ3n) is 2.63. The fourth-order valence-electron chi connectivity index (χ4n) is 1.77. The molecule has 0 bridgehead atoms. The topological polar surface area (TPSA) is 53.1 Å². The Morgan fingerprint density at radius 2 is 2.22 bits per heavy atom. The van der Waals surface area contributed by atoms with Gasteiger partial charge in [0.2, 0.25) is 0 Å². The molecule has 1 heterocycles. The molecule has 3 N–H and O–H groups in total. The average Bonchev–Trinajstić information content (AvgIpc) is 2.81. The molecule has 2 aromatic rings. The Labute approximate surface area is 115 Å². The number of rotatable bonds is 4. The first kappa shape index (κ1) is 12.9. The van der Waals surface area contributed by atoms with Crippen molar-refractivity contribution in [2.45, 2.75) is 6.54 Å². The van der Waals surface area contributed by atoms with Gasteiger partial charge in [-0.05, 0) is 29.6 Å². The van der Waals surface area contributed by atoms with Crippen LogP contribution in [-0.4, -0.2) is 12.9 Å². The van der Waals surface area contributed by atoms with Crippen LogP contribution < -0.4 is 10.6 Å². The molecule has 0 saturated carbocycles. The summed E-state index contributed by atoms with van der Waals surface area (Å²) in [7, 11) is 1.97. The summed E-state index contributed by atoms with van der Waals surface area (Å²) >= 11 is 7.72. The van der Waals surface area contributed by atoms with Crippen LogP contribution in [0, 0.1) is 5.41 Å². The van der Waals surface area contributed by atoms with E-state index in [0.29, 0.717) is 10.6 Å². The molecule has 0 spiro atoms. The minimum absolute atomic E-state index is 0.0553. The van der Waals surface area contributed by atoms with Gasteiger partial charge in [0.25, 0.3) is 0 Å². The highest BCUT2D eigenvalue weighted by Crippen LogP contribution is 2.25. The minimum Gasteiger partial charge on any atom is -0.384 e. The molecule has 0 fully saturated rings. The number of nitrogens with zero attached hydrogens (tertiary/aromatic N) is 1. The third kappa shape index (κ3) is 2.83. The summed E-state index contributed by atoms with van der Waals surface area (Å²) < 4.78 is 0. The molecular weight excluding hydrogens is 266 g/mol. The lowest BCUT2D eigenvalue weighted by Gasteiger charge is -2.21. The number of amidine groups is 1. The number of nitrogens with two attached hydrogens (primary N) is 1. The maximum atomic E-state index is 7.60. The van der Waals surface area contributed by atoms with Crippen molar-refractivity contribution in [1.29, 1.82) is 5.41 Å². The van der Waals surface area contributed by atoms with Crippen molar-refractivity contribution in [3.63, 3.8) is 0 Å². The van der Waals surface area contributed by atoms with Gasteiger partial charge in [-0.3, -0.25) is 5.41 Å². The van der Waals surface area contributed by atoms with Gasteiger partial charge in [-0.15, -0.1) is 11.3 Å². The van der Waals surface area contributed by atoms with Crippen LogP contribution in [0.2, 0.25) is 5.02 Å². The van der Waals surface area contributed by atoms with Crippen LogP contribution in [0.4, 0.5) is 5.69 Å². The molecule has 0 amide bonds. The molecule has 18 heavy (non-hydrogen) atoms. The lowest BCUT2D eigenvalue weighted by molar-refractivity contribution is 0.938. The lowest BCUT2D eigenvalue weighted by atomic mass is 10.1. The van der Waals surface area contributed by atoms with Crippen LogP contribution in [0.1, 0.15) is 10.4 Å². The third-order valence-corrected chi connectivity index (χ3v) is 3.73. The van der Waals surface area contributed by atoms with E-state index in [1.54, 1.807) is 23.5 Å². The molecule has 2 rings (SSSR count). The lowest BCUT2D eigenvalue weighted by Crippen LogP contribution is -2.21. The van der Waals surface area contributed by atoms with Gasteiger partial charge in [0.15, 0.2) is 0 Å². The van der Waals surface area contributed by atoms with Crippen molar-refractivity contribution in [2.24, 2.45) is 5.73 Å². The summed E-state index contributed by atoms with van der Waals surface area (Å²) in [5, 5.41) is 10.3. The molecular formula is C13H14ClN3S. The van der Waals surface area contributed by atoms with Gasteiger partial charge in [-0.25, -0.2) is 0 Å². The van der Waals surface area contributed by atoms with E-state index in [9.17, 15) is 0 Å². The Hall–Kier alpha value is -1.52. The molecule has 1 aromatic heterocycles. The Bertz CT molecular complexity index is 551. The summed E-state index contributed by atoms with van der Waals surface area (Å²) in [5.74, 6) is 0.0553. The molecule has 0 unspecified atom stereocenters. The van der Waals surface area contributed by atoms with Crippen LogP contribution in [0.5, 0.6) is 0 Å². The van der Waals surface area contributed by atoms with Crippen molar-refractivity contribution in [2.75, 3.05) is 11.9 Å². The number of hydrogen-bond acceptors (Lipinski definition) is 3. The summed E-state index contributed by atoms with van der Waals surface area (Å²) in [4.78, 5) is 3.31. The van der Waals surface area contributed by atoms with Crippen molar-refractivity contribution in [3.8, 4) is 0 Å². The van der Waals surface area contributed by atoms with Crippen molar-refractivity contribution >= 4 is 34.5 Å². The van der Waals surface area contributed by atoms with E-state index in [-0.39, 0.29) is 5.84 Å². The first-order valence-corrected chi connectivity index (χ1v) is 6.71. The van der Waals surface area contributed by atoms with Crippen molar-refractivity contribution in [1.82, 2.24) is 0 Å². The van der Waals surface area contributed by atoms with Crippen molar-refractivity contribution < 1.29 is 0 Å². The number of thiophene rings is 1. The van der Waals surface area contributed by atoms with Gasteiger partial charge in [-0.2, -0.15) is 0 Å². The van der Waals surface area contributed by atoms with E-state index >= 15 is 0 Å². The highest BCUT2D eigenvalue weighted by molar-refractivity contribution is 7.09. The van der Waals surface area contributed by atoms with Gasteiger partial charge in [-0.1, -0.05) is 17.7 Å². The van der Waals surface area contributed by atoms with Crippen LogP contribution in [-0.2, 0) is 6.54 Å². The maximum Gasteiger partial charge on any atom is 0.124 e. The van der Waals surface area contributed by atoms with Crippen molar-refractivity contribution in [3.05, 3.63) is 51.2 Å². The Morgan fingerprint density at radius 3 is 2.83 bits per heavy atom. The monoisotopic (exact) mass is 279 g/mol. The first-order chi connectivity index (χ1) is 8.58. The zero-order chi connectivity index (χ0) is 13.1. The standard InChI is InChI=1S/C13H14ClN3S/c1-17(8-10-3-2-6-18-10)12-7-9(14)4-5-11(12)13(15)16/h2-7H,8H2,1H3,(H3,15,16). The molecule has 0 aliphatic heterocycles. The molecule has 0 saturated heterocycles. The quantitative estimate of drug-likeness (QED) is 0.666. The van der Waals surface area contributed by atoms with Gasteiger partial charge in [0.05, 0.1) is 6.54 Å². The average molecular weight is 280 g/mol. The normalized spacial score (nSPS) is 10.3. The summed E-state index contributed by atoms with van der Waals surface area (Å²) in [6.45, 7) is 0.776. The number of hydrogen-bond donors (Lipinski definition) is 2. The summed E-state index contributed by atoms with van der Waals surface area (Å²) in [6, 6.07) is 9.48. The second-order valence-electron chi connectivity index (χ2n) is 4.01. The van der Waals surface area contributed by atoms with Gasteiger partial charge in [0, 0.05) is 28.2 Å². The Morgan fingerprint density at radius 1 is 1.44 bits per heavy atom. The SMILES string of the molecule is CN(Cc1cccs1)c1cc(Cl)ccc1C(=N)N. The Kier molecular flexibility index (Phi) is 3.89. The van der Waals surface area contributed by atoms with Gasteiger partial charge in [0.1, 0.15) is 5.84 Å². The number of halogens is 1.